The monoisotopic (exact) mass is 266 g/mol. The number of rotatable bonds is 3. The number of methoxy groups -OCH3 is 1. The highest BCUT2D eigenvalue weighted by Crippen LogP contribution is 2.36. The van der Waals surface area contributed by atoms with Crippen LogP contribution in [0.5, 0.6) is 0 Å². The maximum absolute atomic E-state index is 12.7. The van der Waals surface area contributed by atoms with Crippen molar-refractivity contribution in [3.63, 3.8) is 0 Å². The van der Waals surface area contributed by atoms with Gasteiger partial charge >= 0.3 is 0 Å². The van der Waals surface area contributed by atoms with E-state index in [0.717, 1.165) is 25.4 Å². The van der Waals surface area contributed by atoms with Gasteiger partial charge in [-0.05, 0) is 38.0 Å². The van der Waals surface area contributed by atoms with Crippen molar-refractivity contribution < 1.29 is 9.53 Å². The Kier molecular flexibility index (Phi) is 4.08. The van der Waals surface area contributed by atoms with Crippen molar-refractivity contribution >= 4 is 5.91 Å². The maximum Gasteiger partial charge on any atom is 0.240 e. The van der Waals surface area contributed by atoms with Gasteiger partial charge in [-0.2, -0.15) is 0 Å². The van der Waals surface area contributed by atoms with Crippen LogP contribution in [0.2, 0.25) is 0 Å². The Hall–Kier alpha value is -0.610. The summed E-state index contributed by atoms with van der Waals surface area (Å²) in [5, 5.41) is 3.33. The number of carbonyl (C=O) groups excluding carboxylic acids is 1. The Bertz CT molecular complexity index is 328. The van der Waals surface area contributed by atoms with Crippen LogP contribution in [-0.2, 0) is 9.53 Å². The quantitative estimate of drug-likeness (QED) is 0.842. The third-order valence-electron chi connectivity index (χ3n) is 5.25. The minimum Gasteiger partial charge on any atom is -0.380 e. The maximum atomic E-state index is 12.7. The van der Waals surface area contributed by atoms with Crippen LogP contribution in [0.1, 0.15) is 44.9 Å². The van der Waals surface area contributed by atoms with E-state index in [9.17, 15) is 4.79 Å². The molecule has 3 aliphatic rings. The van der Waals surface area contributed by atoms with Crippen molar-refractivity contribution in [3.05, 3.63) is 0 Å². The number of nitrogens with zero attached hydrogens (tertiary/aromatic N) is 1. The molecule has 1 amide bonds. The van der Waals surface area contributed by atoms with E-state index in [1.54, 1.807) is 7.11 Å². The molecule has 4 heteroatoms. The van der Waals surface area contributed by atoms with Gasteiger partial charge in [0.05, 0.1) is 12.1 Å². The number of hydrogen-bond acceptors (Lipinski definition) is 3. The topological polar surface area (TPSA) is 41.6 Å². The zero-order valence-electron chi connectivity index (χ0n) is 11.9. The van der Waals surface area contributed by atoms with Crippen LogP contribution in [0.3, 0.4) is 0 Å². The van der Waals surface area contributed by atoms with Gasteiger partial charge in [0.1, 0.15) is 0 Å². The molecule has 1 aliphatic carbocycles. The minimum absolute atomic E-state index is 0.00745. The van der Waals surface area contributed by atoms with E-state index < -0.39 is 0 Å². The standard InChI is InChI=1S/C15H26N2O2/c1-19-12-9-13(16-10-12)15(18)17-8-4-7-14(17)11-5-2-3-6-11/h11-14,16H,2-10H2,1H3. The lowest BCUT2D eigenvalue weighted by atomic mass is 9.95. The molecule has 0 aromatic rings. The molecule has 0 radical (unpaired) electrons. The van der Waals surface area contributed by atoms with Crippen LogP contribution in [0.15, 0.2) is 0 Å². The van der Waals surface area contributed by atoms with E-state index in [1.807, 2.05) is 0 Å². The van der Waals surface area contributed by atoms with Crippen LogP contribution in [-0.4, -0.2) is 49.2 Å². The average molecular weight is 266 g/mol. The van der Waals surface area contributed by atoms with Gasteiger partial charge in [-0.1, -0.05) is 12.8 Å². The fourth-order valence-electron chi connectivity index (χ4n) is 4.17. The fraction of sp³-hybridized carbons (Fsp3) is 0.933. The van der Waals surface area contributed by atoms with Crippen LogP contribution >= 0.6 is 0 Å². The van der Waals surface area contributed by atoms with Gasteiger partial charge in [0.2, 0.25) is 5.91 Å². The largest absolute Gasteiger partial charge is 0.380 e. The molecule has 3 fully saturated rings. The second kappa shape index (κ2) is 5.80. The summed E-state index contributed by atoms with van der Waals surface area (Å²) < 4.78 is 5.35. The smallest absolute Gasteiger partial charge is 0.240 e. The molecule has 1 N–H and O–H groups in total. The van der Waals surface area contributed by atoms with E-state index in [2.05, 4.69) is 10.2 Å². The first-order valence-electron chi connectivity index (χ1n) is 7.86. The lowest BCUT2D eigenvalue weighted by Gasteiger charge is -2.31. The summed E-state index contributed by atoms with van der Waals surface area (Å²) in [6.45, 7) is 1.78. The summed E-state index contributed by atoms with van der Waals surface area (Å²) in [4.78, 5) is 14.9. The van der Waals surface area contributed by atoms with Crippen molar-refractivity contribution in [2.75, 3.05) is 20.2 Å². The van der Waals surface area contributed by atoms with Crippen molar-refractivity contribution in [1.82, 2.24) is 10.2 Å². The van der Waals surface area contributed by atoms with E-state index in [4.69, 9.17) is 4.74 Å². The number of ether oxygens (including phenoxy) is 1. The number of likely N-dealkylation sites (tertiary alicyclic amines) is 1. The molecule has 2 aliphatic heterocycles. The van der Waals surface area contributed by atoms with Crippen molar-refractivity contribution in [2.45, 2.75) is 63.1 Å². The molecular weight excluding hydrogens is 240 g/mol. The first kappa shape index (κ1) is 13.4. The highest BCUT2D eigenvalue weighted by Gasteiger charge is 2.40. The summed E-state index contributed by atoms with van der Waals surface area (Å²) in [7, 11) is 1.73. The molecule has 1 saturated carbocycles. The third kappa shape index (κ3) is 2.65. The molecule has 0 spiro atoms. The number of hydrogen-bond donors (Lipinski definition) is 1. The van der Waals surface area contributed by atoms with E-state index >= 15 is 0 Å². The Balaban J connectivity index is 1.62. The van der Waals surface area contributed by atoms with Crippen LogP contribution in [0, 0.1) is 5.92 Å². The van der Waals surface area contributed by atoms with Crippen molar-refractivity contribution in [2.24, 2.45) is 5.92 Å². The highest BCUT2D eigenvalue weighted by molar-refractivity contribution is 5.83. The van der Waals surface area contributed by atoms with E-state index in [-0.39, 0.29) is 12.1 Å². The van der Waals surface area contributed by atoms with Crippen LogP contribution < -0.4 is 5.32 Å². The Labute approximate surface area is 115 Å². The van der Waals surface area contributed by atoms with Crippen LogP contribution in [0.25, 0.3) is 0 Å². The lowest BCUT2D eigenvalue weighted by molar-refractivity contribution is -0.135. The SMILES string of the molecule is COC1CNC(C(=O)N2CCCC2C2CCCC2)C1. The molecule has 0 bridgehead atoms. The number of carbonyl (C=O) groups is 1. The fourth-order valence-corrected chi connectivity index (χ4v) is 4.17. The van der Waals surface area contributed by atoms with E-state index in [0.29, 0.717) is 11.9 Å². The summed E-state index contributed by atoms with van der Waals surface area (Å²) >= 11 is 0. The number of amides is 1. The molecule has 2 heterocycles. The summed E-state index contributed by atoms with van der Waals surface area (Å²) in [5.41, 5.74) is 0. The second-order valence-electron chi connectivity index (χ2n) is 6.34. The van der Waals surface area contributed by atoms with Gasteiger partial charge in [-0.15, -0.1) is 0 Å². The van der Waals surface area contributed by atoms with E-state index in [1.165, 1.54) is 38.5 Å². The Morgan fingerprint density at radius 1 is 1.21 bits per heavy atom. The van der Waals surface area contributed by atoms with Crippen molar-refractivity contribution in [3.8, 4) is 0 Å². The average Bonchev–Trinajstić information content (AvgIpc) is 3.16. The van der Waals surface area contributed by atoms with Gasteiger partial charge in [0.15, 0.2) is 0 Å². The molecule has 0 aromatic heterocycles. The summed E-state index contributed by atoms with van der Waals surface area (Å²) in [6.07, 6.45) is 8.82. The predicted molar refractivity (Wildman–Crippen MR) is 73.9 cm³/mol. The van der Waals surface area contributed by atoms with Gasteiger partial charge in [-0.25, -0.2) is 0 Å². The molecule has 3 atom stereocenters. The third-order valence-corrected chi connectivity index (χ3v) is 5.25. The zero-order chi connectivity index (χ0) is 13.2. The second-order valence-corrected chi connectivity index (χ2v) is 6.34. The molecule has 2 saturated heterocycles. The highest BCUT2D eigenvalue weighted by atomic mass is 16.5. The molecule has 0 aromatic carbocycles. The zero-order valence-corrected chi connectivity index (χ0v) is 11.9. The molecule has 108 valence electrons. The molecular formula is C15H26N2O2. The van der Waals surface area contributed by atoms with Gasteiger partial charge in [0.25, 0.3) is 0 Å². The van der Waals surface area contributed by atoms with Crippen LogP contribution in [0.4, 0.5) is 0 Å². The first-order chi connectivity index (χ1) is 9.29. The number of nitrogens with one attached hydrogen (secondary N) is 1. The van der Waals surface area contributed by atoms with Gasteiger partial charge in [0, 0.05) is 26.2 Å². The first-order valence-corrected chi connectivity index (χ1v) is 7.86. The molecule has 19 heavy (non-hydrogen) atoms. The Morgan fingerprint density at radius 2 is 2.00 bits per heavy atom. The predicted octanol–water partition coefficient (Wildman–Crippen LogP) is 1.54. The van der Waals surface area contributed by atoms with Gasteiger partial charge in [-0.3, -0.25) is 4.79 Å². The lowest BCUT2D eigenvalue weighted by Crippen LogP contribution is -2.47. The molecule has 3 unspecified atom stereocenters. The normalized spacial score (nSPS) is 36.3. The molecule has 4 nitrogen and oxygen atoms in total. The molecule has 3 rings (SSSR count). The Morgan fingerprint density at radius 3 is 2.68 bits per heavy atom. The minimum atomic E-state index is -0.00745. The summed E-state index contributed by atoms with van der Waals surface area (Å²) in [5.74, 6) is 1.10. The van der Waals surface area contributed by atoms with Gasteiger partial charge < -0.3 is 15.0 Å². The summed E-state index contributed by atoms with van der Waals surface area (Å²) in [6, 6.07) is 0.519. The van der Waals surface area contributed by atoms with Crippen molar-refractivity contribution in [1.29, 1.82) is 0 Å².